The predicted molar refractivity (Wildman–Crippen MR) is 292 cm³/mol. The Hall–Kier alpha value is -6.24. The predicted octanol–water partition coefficient (Wildman–Crippen LogP) is 12.2. The van der Waals surface area contributed by atoms with Gasteiger partial charge in [0.1, 0.15) is 17.3 Å². The van der Waals surface area contributed by atoms with Crippen molar-refractivity contribution < 1.29 is 48.3 Å². The maximum absolute atomic E-state index is 14.1. The number of Topliss-reactive ketones (excluding diaryl/α,β-unsaturated/α-hetero) is 2. The van der Waals surface area contributed by atoms with Crippen LogP contribution in [0.5, 0.6) is 11.5 Å². The van der Waals surface area contributed by atoms with E-state index in [1.54, 1.807) is 50.3 Å². The monoisotopic (exact) mass is 1000 g/mol. The maximum atomic E-state index is 14.1. The zero-order chi connectivity index (χ0) is 52.6. The van der Waals surface area contributed by atoms with Crippen LogP contribution >= 0.6 is 0 Å². The fourth-order valence-electron chi connectivity index (χ4n) is 8.92. The SMILES string of the molecule is CCOC(=O)C=Cc1ccc(OCCCCCCCCCCC(=O)CC(Cc2ccc(N)cc2)(Cc2ccc(N)cc2)C(O)(O)C(=O)CCCCCCCCCCOc2ccc(C=CC(=O)OCC)cc2)cc1. The lowest BCUT2D eigenvalue weighted by atomic mass is 9.65. The number of ketones is 2. The number of benzene rings is 4. The molecule has 0 saturated carbocycles. The van der Waals surface area contributed by atoms with E-state index < -0.39 is 17.0 Å². The average molecular weight is 1000 g/mol. The molecule has 4 aromatic rings. The van der Waals surface area contributed by atoms with E-state index in [2.05, 4.69) is 0 Å². The zero-order valence-corrected chi connectivity index (χ0v) is 43.5. The summed E-state index contributed by atoms with van der Waals surface area (Å²) in [5.41, 5.74) is 14.9. The summed E-state index contributed by atoms with van der Waals surface area (Å²) in [5.74, 6) is -2.71. The molecule has 0 aliphatic heterocycles. The third-order valence-electron chi connectivity index (χ3n) is 13.1. The van der Waals surface area contributed by atoms with Crippen LogP contribution in [-0.2, 0) is 41.5 Å². The Morgan fingerprint density at radius 1 is 0.479 bits per heavy atom. The number of carbonyl (C=O) groups excluding carboxylic acids is 4. The van der Waals surface area contributed by atoms with E-state index in [1.807, 2.05) is 72.8 Å². The highest BCUT2D eigenvalue weighted by molar-refractivity contribution is 5.89. The Balaban J connectivity index is 1.20. The molecule has 0 amide bonds. The molecule has 396 valence electrons. The van der Waals surface area contributed by atoms with Crippen molar-refractivity contribution in [1.29, 1.82) is 0 Å². The molecule has 0 aliphatic carbocycles. The lowest BCUT2D eigenvalue weighted by molar-refractivity contribution is -0.234. The molecule has 4 aromatic carbocycles. The summed E-state index contributed by atoms with van der Waals surface area (Å²) in [5, 5.41) is 24.3. The number of nitrogens with two attached hydrogens (primary N) is 2. The first kappa shape index (κ1) is 59.3. The molecule has 0 aromatic heterocycles. The molecule has 0 saturated heterocycles. The summed E-state index contributed by atoms with van der Waals surface area (Å²) in [4.78, 5) is 51.2. The fourth-order valence-corrected chi connectivity index (χ4v) is 8.92. The molecule has 73 heavy (non-hydrogen) atoms. The number of nitrogen functional groups attached to an aromatic ring is 2. The van der Waals surface area contributed by atoms with Gasteiger partial charge >= 0.3 is 11.9 Å². The zero-order valence-electron chi connectivity index (χ0n) is 43.5. The Morgan fingerprint density at radius 2 is 0.836 bits per heavy atom. The molecular formula is C61H82N2O10. The highest BCUT2D eigenvalue weighted by atomic mass is 16.5. The van der Waals surface area contributed by atoms with Gasteiger partial charge in [0.2, 0.25) is 5.79 Å². The number of hydrogen-bond acceptors (Lipinski definition) is 12. The number of hydrogen-bond donors (Lipinski definition) is 4. The van der Waals surface area contributed by atoms with Crippen molar-refractivity contribution in [3.05, 3.63) is 131 Å². The van der Waals surface area contributed by atoms with Crippen LogP contribution in [0.1, 0.15) is 158 Å². The van der Waals surface area contributed by atoms with Crippen LogP contribution in [0.2, 0.25) is 0 Å². The van der Waals surface area contributed by atoms with Gasteiger partial charge < -0.3 is 40.6 Å². The first-order valence-corrected chi connectivity index (χ1v) is 26.7. The second-order valence-electron chi connectivity index (χ2n) is 19.1. The second-order valence-corrected chi connectivity index (χ2v) is 19.1. The van der Waals surface area contributed by atoms with Gasteiger partial charge in [-0.25, -0.2) is 9.59 Å². The Morgan fingerprint density at radius 3 is 1.22 bits per heavy atom. The van der Waals surface area contributed by atoms with Gasteiger partial charge in [0, 0.05) is 48.2 Å². The maximum Gasteiger partial charge on any atom is 0.330 e. The molecule has 0 fully saturated rings. The number of carbonyl (C=O) groups is 4. The number of aliphatic hydroxyl groups is 2. The summed E-state index contributed by atoms with van der Waals surface area (Å²) in [6.07, 6.45) is 21.7. The quantitative estimate of drug-likeness (QED) is 0.0109. The van der Waals surface area contributed by atoms with Gasteiger partial charge in [0.15, 0.2) is 5.78 Å². The van der Waals surface area contributed by atoms with Gasteiger partial charge in [-0.05, 0) is 135 Å². The van der Waals surface area contributed by atoms with E-state index in [-0.39, 0.29) is 49.8 Å². The fraction of sp³-hybridized carbons (Fsp3) is 0.475. The number of rotatable bonds is 38. The lowest BCUT2D eigenvalue weighted by Gasteiger charge is -2.43. The molecule has 0 heterocycles. The summed E-state index contributed by atoms with van der Waals surface area (Å²) < 4.78 is 21.6. The van der Waals surface area contributed by atoms with E-state index in [4.69, 9.17) is 30.4 Å². The molecule has 4 rings (SSSR count). The van der Waals surface area contributed by atoms with Crippen molar-refractivity contribution in [2.24, 2.45) is 5.41 Å². The third kappa shape index (κ3) is 23.0. The summed E-state index contributed by atoms with van der Waals surface area (Å²) in [6, 6.07) is 29.5. The molecule has 12 heteroatoms. The first-order chi connectivity index (χ1) is 35.3. The average Bonchev–Trinajstić information content (AvgIpc) is 3.38. The molecule has 0 atom stereocenters. The second kappa shape index (κ2) is 33.5. The number of ether oxygens (including phenoxy) is 4. The van der Waals surface area contributed by atoms with Crippen molar-refractivity contribution in [1.82, 2.24) is 0 Å². The molecule has 0 aliphatic rings. The number of esters is 2. The molecule has 0 radical (unpaired) electrons. The van der Waals surface area contributed by atoms with Gasteiger partial charge in [-0.3, -0.25) is 9.59 Å². The minimum Gasteiger partial charge on any atom is -0.494 e. The number of anilines is 2. The van der Waals surface area contributed by atoms with E-state index in [9.17, 15) is 29.4 Å². The Labute approximate surface area is 434 Å². The third-order valence-corrected chi connectivity index (χ3v) is 13.1. The summed E-state index contributed by atoms with van der Waals surface area (Å²) in [7, 11) is 0. The highest BCUT2D eigenvalue weighted by Crippen LogP contribution is 2.43. The van der Waals surface area contributed by atoms with Crippen LogP contribution in [0.4, 0.5) is 11.4 Å². The number of unbranched alkanes of at least 4 members (excludes halogenated alkanes) is 14. The van der Waals surface area contributed by atoms with Gasteiger partial charge in [0.05, 0.1) is 26.4 Å². The topological polar surface area (TPSA) is 198 Å². The molecule has 0 unspecified atom stereocenters. The molecule has 12 nitrogen and oxygen atoms in total. The Kier molecular flexibility index (Phi) is 27.2. The van der Waals surface area contributed by atoms with Crippen molar-refractivity contribution >= 4 is 47.0 Å². The molecule has 0 spiro atoms. The minimum atomic E-state index is -2.78. The molecule has 6 N–H and O–H groups in total. The van der Waals surface area contributed by atoms with Crippen molar-refractivity contribution in [2.75, 3.05) is 37.9 Å². The highest BCUT2D eigenvalue weighted by Gasteiger charge is 2.54. The minimum absolute atomic E-state index is 0.00778. The van der Waals surface area contributed by atoms with Gasteiger partial charge in [-0.1, -0.05) is 126 Å². The first-order valence-electron chi connectivity index (χ1n) is 26.7. The molecular weight excluding hydrogens is 921 g/mol. The van der Waals surface area contributed by atoms with Crippen LogP contribution in [0.25, 0.3) is 12.2 Å². The lowest BCUT2D eigenvalue weighted by Crippen LogP contribution is -2.57. The smallest absolute Gasteiger partial charge is 0.330 e. The summed E-state index contributed by atoms with van der Waals surface area (Å²) >= 11 is 0. The molecule has 0 bridgehead atoms. The normalized spacial score (nSPS) is 11.8. The van der Waals surface area contributed by atoms with Gasteiger partial charge in [-0.15, -0.1) is 0 Å². The van der Waals surface area contributed by atoms with Crippen molar-refractivity contribution in [3.8, 4) is 11.5 Å². The van der Waals surface area contributed by atoms with Crippen LogP contribution < -0.4 is 20.9 Å². The van der Waals surface area contributed by atoms with Crippen molar-refractivity contribution in [2.45, 2.75) is 154 Å². The van der Waals surface area contributed by atoms with Gasteiger partial charge in [-0.2, -0.15) is 0 Å². The Bertz CT molecular complexity index is 2220. The van der Waals surface area contributed by atoms with E-state index in [0.29, 0.717) is 50.6 Å². The van der Waals surface area contributed by atoms with Crippen LogP contribution in [-0.4, -0.2) is 65.9 Å². The van der Waals surface area contributed by atoms with E-state index >= 15 is 0 Å². The van der Waals surface area contributed by atoms with Gasteiger partial charge in [0.25, 0.3) is 0 Å². The summed E-state index contributed by atoms with van der Waals surface area (Å²) in [6.45, 7) is 5.48. The van der Waals surface area contributed by atoms with Crippen LogP contribution in [0.3, 0.4) is 0 Å². The van der Waals surface area contributed by atoms with Crippen LogP contribution in [0, 0.1) is 5.41 Å². The van der Waals surface area contributed by atoms with Crippen molar-refractivity contribution in [3.63, 3.8) is 0 Å². The standard InChI is InChI=1S/C61H82N2O10/c1-3-70-58(66)41-31-48-27-37-55(38-28-48)72-43-19-15-11-7-5-9-13-17-21-54(64)47-60(45-50-23-33-52(62)34-24-50,46-51-25-35-53(63)36-26-51)61(68,69)57(65)22-18-14-10-6-8-12-16-20-44-73-56-39-29-49(30-40-56)32-42-59(67)71-4-2/h23-42,68-69H,3-22,43-47,62-63H2,1-2H3. The largest absolute Gasteiger partial charge is 0.494 e. The van der Waals surface area contributed by atoms with E-state index in [1.165, 1.54) is 12.2 Å². The van der Waals surface area contributed by atoms with E-state index in [0.717, 1.165) is 124 Å². The van der Waals surface area contributed by atoms with Crippen LogP contribution in [0.15, 0.2) is 109 Å².